The van der Waals surface area contributed by atoms with Gasteiger partial charge >= 0.3 is 0 Å². The monoisotopic (exact) mass is 344 g/mol. The quantitative estimate of drug-likeness (QED) is 0.801. The van der Waals surface area contributed by atoms with Crippen LogP contribution in [0.3, 0.4) is 0 Å². The highest BCUT2D eigenvalue weighted by molar-refractivity contribution is 9.10. The SMILES string of the molecule is COCCn1ncc(Br)c1C(=O)c1csc(CN)n1. The number of aromatic nitrogens is 3. The van der Waals surface area contributed by atoms with Gasteiger partial charge < -0.3 is 10.5 Å². The molecule has 0 unspecified atom stereocenters. The van der Waals surface area contributed by atoms with Crippen molar-refractivity contribution in [3.8, 4) is 0 Å². The molecule has 0 aromatic carbocycles. The number of ether oxygens (including phenoxy) is 1. The third-order valence-corrected chi connectivity index (χ3v) is 3.93. The number of nitrogens with zero attached hydrogens (tertiary/aromatic N) is 3. The summed E-state index contributed by atoms with van der Waals surface area (Å²) in [4.78, 5) is 16.6. The summed E-state index contributed by atoms with van der Waals surface area (Å²) in [7, 11) is 1.61. The van der Waals surface area contributed by atoms with Gasteiger partial charge in [0.15, 0.2) is 0 Å². The molecule has 0 aliphatic carbocycles. The van der Waals surface area contributed by atoms with Gasteiger partial charge in [0.2, 0.25) is 5.78 Å². The van der Waals surface area contributed by atoms with Crippen molar-refractivity contribution in [2.24, 2.45) is 5.73 Å². The van der Waals surface area contributed by atoms with Crippen molar-refractivity contribution in [3.05, 3.63) is 32.4 Å². The van der Waals surface area contributed by atoms with E-state index in [0.717, 1.165) is 5.01 Å². The van der Waals surface area contributed by atoms with E-state index >= 15 is 0 Å². The highest BCUT2D eigenvalue weighted by Gasteiger charge is 2.21. The Morgan fingerprint density at radius 3 is 3.05 bits per heavy atom. The van der Waals surface area contributed by atoms with Crippen LogP contribution < -0.4 is 5.73 Å². The van der Waals surface area contributed by atoms with Gasteiger partial charge in [-0.3, -0.25) is 9.48 Å². The average molecular weight is 345 g/mol. The van der Waals surface area contributed by atoms with Crippen LogP contribution in [0.5, 0.6) is 0 Å². The van der Waals surface area contributed by atoms with Gasteiger partial charge in [-0.25, -0.2) is 4.98 Å². The topological polar surface area (TPSA) is 83.0 Å². The lowest BCUT2D eigenvalue weighted by molar-refractivity contribution is 0.102. The maximum atomic E-state index is 12.4. The van der Waals surface area contributed by atoms with Crippen LogP contribution in [0.15, 0.2) is 16.0 Å². The molecule has 0 saturated carbocycles. The number of methoxy groups -OCH3 is 1. The summed E-state index contributed by atoms with van der Waals surface area (Å²) in [5.74, 6) is -0.170. The van der Waals surface area contributed by atoms with Crippen LogP contribution in [0.25, 0.3) is 0 Å². The van der Waals surface area contributed by atoms with Crippen LogP contribution >= 0.6 is 27.3 Å². The van der Waals surface area contributed by atoms with Gasteiger partial charge in [0, 0.05) is 19.0 Å². The van der Waals surface area contributed by atoms with Gasteiger partial charge in [-0.05, 0) is 15.9 Å². The Balaban J connectivity index is 2.29. The van der Waals surface area contributed by atoms with Gasteiger partial charge in [0.1, 0.15) is 16.4 Å². The molecule has 19 heavy (non-hydrogen) atoms. The van der Waals surface area contributed by atoms with Crippen LogP contribution in [0, 0.1) is 0 Å². The second-order valence-corrected chi connectivity index (χ2v) is 5.51. The maximum Gasteiger partial charge on any atom is 0.231 e. The van der Waals surface area contributed by atoms with E-state index in [1.165, 1.54) is 11.3 Å². The molecule has 0 radical (unpaired) electrons. The molecule has 2 aromatic rings. The molecule has 6 nitrogen and oxygen atoms in total. The number of hydrogen-bond donors (Lipinski definition) is 1. The molecule has 0 aliphatic rings. The molecule has 0 aliphatic heterocycles. The fourth-order valence-corrected chi connectivity index (χ4v) is 2.70. The smallest absolute Gasteiger partial charge is 0.231 e. The van der Waals surface area contributed by atoms with Gasteiger partial charge in [-0.15, -0.1) is 11.3 Å². The minimum Gasteiger partial charge on any atom is -0.383 e. The Kier molecular flexibility index (Phi) is 4.81. The maximum absolute atomic E-state index is 12.4. The molecule has 8 heteroatoms. The number of hydrogen-bond acceptors (Lipinski definition) is 6. The standard InChI is InChI=1S/C11H13BrN4O2S/c1-18-3-2-16-10(7(12)5-14-16)11(17)8-6-19-9(4-13)15-8/h5-6H,2-4,13H2,1H3. The fourth-order valence-electron chi connectivity index (χ4n) is 1.57. The molecule has 2 aromatic heterocycles. The van der Waals surface area contributed by atoms with Gasteiger partial charge in [-0.2, -0.15) is 5.10 Å². The van der Waals surface area contributed by atoms with Gasteiger partial charge in [-0.1, -0.05) is 0 Å². The Hall–Kier alpha value is -1.09. The molecule has 2 N–H and O–H groups in total. The van der Waals surface area contributed by atoms with Crippen molar-refractivity contribution in [1.29, 1.82) is 0 Å². The molecule has 2 rings (SSSR count). The van der Waals surface area contributed by atoms with Gasteiger partial charge in [0.25, 0.3) is 0 Å². The predicted octanol–water partition coefficient (Wildman–Crippen LogP) is 1.44. The van der Waals surface area contributed by atoms with Crippen LogP contribution in [0.2, 0.25) is 0 Å². The molecular formula is C11H13BrN4O2S. The minimum absolute atomic E-state index is 0.170. The summed E-state index contributed by atoms with van der Waals surface area (Å²) in [5.41, 5.74) is 6.37. The average Bonchev–Trinajstić information content (AvgIpc) is 3.02. The molecule has 2 heterocycles. The van der Waals surface area contributed by atoms with Crippen LogP contribution in [-0.4, -0.2) is 34.3 Å². The first-order chi connectivity index (χ1) is 9.17. The Labute approximate surface area is 122 Å². The van der Waals surface area contributed by atoms with Crippen molar-refractivity contribution in [1.82, 2.24) is 14.8 Å². The third kappa shape index (κ3) is 3.08. The first kappa shape index (κ1) is 14.3. The van der Waals surface area contributed by atoms with E-state index in [9.17, 15) is 4.79 Å². The normalized spacial score (nSPS) is 10.9. The summed E-state index contributed by atoms with van der Waals surface area (Å²) in [6.45, 7) is 1.33. The van der Waals surface area contributed by atoms with Crippen molar-refractivity contribution in [2.45, 2.75) is 13.1 Å². The first-order valence-electron chi connectivity index (χ1n) is 5.56. The van der Waals surface area contributed by atoms with Crippen molar-refractivity contribution < 1.29 is 9.53 Å². The second kappa shape index (κ2) is 6.38. The molecule has 0 fully saturated rings. The zero-order valence-electron chi connectivity index (χ0n) is 10.3. The number of halogens is 1. The Bertz CT molecular complexity index is 581. The molecule has 0 saturated heterocycles. The van der Waals surface area contributed by atoms with Crippen molar-refractivity contribution in [3.63, 3.8) is 0 Å². The van der Waals surface area contributed by atoms with E-state index in [-0.39, 0.29) is 5.78 Å². The van der Waals surface area contributed by atoms with Crippen LogP contribution in [0.1, 0.15) is 21.2 Å². The lowest BCUT2D eigenvalue weighted by atomic mass is 10.2. The molecule has 0 amide bonds. The summed E-state index contributed by atoms with van der Waals surface area (Å²) in [6.07, 6.45) is 1.60. The molecule has 102 valence electrons. The Morgan fingerprint density at radius 1 is 1.63 bits per heavy atom. The molecule has 0 atom stereocenters. The Morgan fingerprint density at radius 2 is 2.42 bits per heavy atom. The lowest BCUT2D eigenvalue weighted by Crippen LogP contribution is -2.15. The summed E-state index contributed by atoms with van der Waals surface area (Å²) in [6, 6.07) is 0. The zero-order valence-corrected chi connectivity index (χ0v) is 12.7. The highest BCUT2D eigenvalue weighted by atomic mass is 79.9. The number of thiazole rings is 1. The molecular weight excluding hydrogens is 332 g/mol. The summed E-state index contributed by atoms with van der Waals surface area (Å²) < 4.78 is 7.26. The van der Waals surface area contributed by atoms with E-state index in [2.05, 4.69) is 26.0 Å². The van der Waals surface area contributed by atoms with E-state index in [4.69, 9.17) is 10.5 Å². The predicted molar refractivity (Wildman–Crippen MR) is 75.2 cm³/mol. The number of rotatable bonds is 6. The highest BCUT2D eigenvalue weighted by Crippen LogP contribution is 2.21. The number of carbonyl (C=O) groups is 1. The number of nitrogens with two attached hydrogens (primary N) is 1. The number of ketones is 1. The van der Waals surface area contributed by atoms with Gasteiger partial charge in [0.05, 0.1) is 23.8 Å². The van der Waals surface area contributed by atoms with E-state index in [1.54, 1.807) is 23.4 Å². The van der Waals surface area contributed by atoms with Crippen LogP contribution in [-0.2, 0) is 17.8 Å². The second-order valence-electron chi connectivity index (χ2n) is 3.72. The largest absolute Gasteiger partial charge is 0.383 e. The molecule has 0 bridgehead atoms. The summed E-state index contributed by atoms with van der Waals surface area (Å²) >= 11 is 4.71. The van der Waals surface area contributed by atoms with E-state index in [1.807, 2.05) is 0 Å². The molecule has 0 spiro atoms. The fraction of sp³-hybridized carbons (Fsp3) is 0.364. The third-order valence-electron chi connectivity index (χ3n) is 2.48. The zero-order chi connectivity index (χ0) is 13.8. The first-order valence-corrected chi connectivity index (χ1v) is 7.24. The number of carbonyl (C=O) groups excluding carboxylic acids is 1. The minimum atomic E-state index is -0.170. The summed E-state index contributed by atoms with van der Waals surface area (Å²) in [5, 5.41) is 6.60. The lowest BCUT2D eigenvalue weighted by Gasteiger charge is -2.05. The van der Waals surface area contributed by atoms with Crippen LogP contribution in [0.4, 0.5) is 0 Å². The van der Waals surface area contributed by atoms with Crippen molar-refractivity contribution in [2.75, 3.05) is 13.7 Å². The van der Waals surface area contributed by atoms with E-state index in [0.29, 0.717) is 35.6 Å². The van der Waals surface area contributed by atoms with E-state index < -0.39 is 0 Å². The van der Waals surface area contributed by atoms with Crippen molar-refractivity contribution >= 4 is 33.0 Å².